The minimum absolute atomic E-state index is 0.0115. The van der Waals surface area contributed by atoms with Crippen molar-refractivity contribution in [2.24, 2.45) is 0 Å². The van der Waals surface area contributed by atoms with Crippen LogP contribution in [-0.4, -0.2) is 4.57 Å². The molecule has 1 aliphatic heterocycles. The van der Waals surface area contributed by atoms with Gasteiger partial charge >= 0.3 is 0 Å². The molecule has 0 fully saturated rings. The average molecular weight is 221 g/mol. The van der Waals surface area contributed by atoms with Crippen LogP contribution in [0.2, 0.25) is 0 Å². The van der Waals surface area contributed by atoms with Crippen molar-refractivity contribution in [2.75, 3.05) is 0 Å². The molecule has 0 aromatic heterocycles. The molecule has 0 bridgehead atoms. The number of para-hydroxylation sites is 1. The van der Waals surface area contributed by atoms with Crippen molar-refractivity contribution in [3.05, 3.63) is 77.1 Å². The molecule has 0 unspecified atom stereocenters. The van der Waals surface area contributed by atoms with Crippen LogP contribution in [-0.2, 0) is 0 Å². The minimum Gasteiger partial charge on any atom is -0.277 e. The zero-order chi connectivity index (χ0) is 11.7. The summed E-state index contributed by atoms with van der Waals surface area (Å²) in [5.41, 5.74) is 2.81. The Morgan fingerprint density at radius 3 is 2.18 bits per heavy atom. The fraction of sp³-hybridized carbons (Fsp3) is 0. The molecule has 0 atom stereocenters. The molecular weight excluding hydrogens is 210 g/mol. The van der Waals surface area contributed by atoms with Crippen molar-refractivity contribution in [2.45, 2.75) is 0 Å². The molecule has 17 heavy (non-hydrogen) atoms. The van der Waals surface area contributed by atoms with Crippen LogP contribution in [0.1, 0.15) is 0 Å². The van der Waals surface area contributed by atoms with Gasteiger partial charge in [0.05, 0.1) is 5.69 Å². The van der Waals surface area contributed by atoms with Crippen LogP contribution in [0.5, 0.6) is 0 Å². The first-order valence-electron chi connectivity index (χ1n) is 5.52. The van der Waals surface area contributed by atoms with Crippen molar-refractivity contribution in [3.63, 3.8) is 0 Å². The molecule has 0 N–H and O–H groups in total. The van der Waals surface area contributed by atoms with Gasteiger partial charge in [0.1, 0.15) is 0 Å². The number of nitrogens with zero attached hydrogens (tertiary/aromatic N) is 1. The van der Waals surface area contributed by atoms with Crippen molar-refractivity contribution < 1.29 is 0 Å². The predicted octanol–water partition coefficient (Wildman–Crippen LogP) is 2.94. The van der Waals surface area contributed by atoms with Crippen LogP contribution in [0.15, 0.2) is 71.5 Å². The number of benzene rings is 1. The van der Waals surface area contributed by atoms with Crippen molar-refractivity contribution in [3.8, 4) is 16.9 Å². The third-order valence-electron chi connectivity index (χ3n) is 2.80. The minimum atomic E-state index is 0.0115. The van der Waals surface area contributed by atoms with Crippen LogP contribution < -0.4 is 5.56 Å². The number of fused-ring (bicyclic) bond motifs is 1. The third kappa shape index (κ3) is 1.64. The summed E-state index contributed by atoms with van der Waals surface area (Å²) in [4.78, 5) is 12.0. The van der Waals surface area contributed by atoms with Gasteiger partial charge < -0.3 is 0 Å². The maximum Gasteiger partial charge on any atom is 0.256 e. The summed E-state index contributed by atoms with van der Waals surface area (Å²) in [7, 11) is 0. The Morgan fingerprint density at radius 2 is 1.41 bits per heavy atom. The maximum absolute atomic E-state index is 12.0. The molecule has 0 spiro atoms. The first-order valence-corrected chi connectivity index (χ1v) is 5.52. The van der Waals surface area contributed by atoms with E-state index in [9.17, 15) is 4.79 Å². The average Bonchev–Trinajstić information content (AvgIpc) is 2.52. The number of rotatable bonds is 1. The molecule has 82 valence electrons. The standard InChI is InChI=1S/C15H11NO/c17-15-11-12-7-3-1-6-10-14(12)16(15)13-8-4-2-5-9-13/h1-11H. The van der Waals surface area contributed by atoms with Gasteiger partial charge in [-0.25, -0.2) is 0 Å². The molecule has 3 rings (SSSR count). The second-order valence-corrected chi connectivity index (χ2v) is 3.90. The Morgan fingerprint density at radius 1 is 0.765 bits per heavy atom. The summed E-state index contributed by atoms with van der Waals surface area (Å²) in [5, 5.41) is 0. The Hall–Kier alpha value is -2.35. The Labute approximate surface area is 99.1 Å². The second kappa shape index (κ2) is 3.91. The molecular formula is C15H11NO. The molecule has 0 saturated heterocycles. The van der Waals surface area contributed by atoms with Gasteiger partial charge in [-0.3, -0.25) is 9.36 Å². The fourth-order valence-corrected chi connectivity index (χ4v) is 2.04. The zero-order valence-corrected chi connectivity index (χ0v) is 9.21. The highest BCUT2D eigenvalue weighted by atomic mass is 16.1. The second-order valence-electron chi connectivity index (χ2n) is 3.90. The van der Waals surface area contributed by atoms with Crippen LogP contribution in [0.3, 0.4) is 0 Å². The van der Waals surface area contributed by atoms with Crippen LogP contribution in [0.4, 0.5) is 0 Å². The SMILES string of the molecule is O=c1cc2cccccc-2n1-c1ccccc1. The molecule has 1 heterocycles. The van der Waals surface area contributed by atoms with E-state index in [4.69, 9.17) is 0 Å². The van der Waals surface area contributed by atoms with E-state index in [-0.39, 0.29) is 5.56 Å². The van der Waals surface area contributed by atoms with Gasteiger partial charge in [-0.05, 0) is 18.2 Å². The van der Waals surface area contributed by atoms with Crippen molar-refractivity contribution >= 4 is 0 Å². The summed E-state index contributed by atoms with van der Waals surface area (Å²) < 4.78 is 1.73. The molecule has 1 aromatic rings. The summed E-state index contributed by atoms with van der Waals surface area (Å²) in [6.45, 7) is 0. The van der Waals surface area contributed by atoms with Gasteiger partial charge in [-0.15, -0.1) is 0 Å². The van der Waals surface area contributed by atoms with E-state index in [1.54, 1.807) is 10.6 Å². The Bertz CT molecular complexity index is 670. The number of hydrogen-bond donors (Lipinski definition) is 0. The van der Waals surface area contributed by atoms with Crippen LogP contribution in [0, 0.1) is 0 Å². The van der Waals surface area contributed by atoms with Crippen LogP contribution in [0.25, 0.3) is 16.9 Å². The lowest BCUT2D eigenvalue weighted by molar-refractivity contribution is 1.04. The van der Waals surface area contributed by atoms with Gasteiger partial charge in [-0.1, -0.05) is 42.5 Å². The van der Waals surface area contributed by atoms with E-state index in [2.05, 4.69) is 0 Å². The van der Waals surface area contributed by atoms with Gasteiger partial charge in [0, 0.05) is 17.3 Å². The van der Waals surface area contributed by atoms with Crippen molar-refractivity contribution in [1.29, 1.82) is 0 Å². The molecule has 2 heteroatoms. The topological polar surface area (TPSA) is 22.0 Å². The van der Waals surface area contributed by atoms with Crippen molar-refractivity contribution in [1.82, 2.24) is 4.57 Å². The molecule has 1 aliphatic carbocycles. The van der Waals surface area contributed by atoms with E-state index in [1.165, 1.54) is 0 Å². The van der Waals surface area contributed by atoms with Gasteiger partial charge in [0.25, 0.3) is 5.56 Å². The van der Waals surface area contributed by atoms with E-state index in [1.807, 2.05) is 60.7 Å². The van der Waals surface area contributed by atoms with E-state index >= 15 is 0 Å². The lowest BCUT2D eigenvalue weighted by Gasteiger charge is -2.04. The third-order valence-corrected chi connectivity index (χ3v) is 2.80. The van der Waals surface area contributed by atoms with E-state index in [0.29, 0.717) is 0 Å². The highest BCUT2D eigenvalue weighted by Gasteiger charge is 2.11. The maximum atomic E-state index is 12.0. The molecule has 0 amide bonds. The monoisotopic (exact) mass is 221 g/mol. The summed E-state index contributed by atoms with van der Waals surface area (Å²) in [6, 6.07) is 21.1. The molecule has 2 nitrogen and oxygen atoms in total. The first kappa shape index (κ1) is 9.85. The molecule has 0 saturated carbocycles. The lowest BCUT2D eigenvalue weighted by Crippen LogP contribution is -2.11. The van der Waals surface area contributed by atoms with Crippen LogP contribution >= 0.6 is 0 Å². The summed E-state index contributed by atoms with van der Waals surface area (Å²) in [5.74, 6) is 0. The van der Waals surface area contributed by atoms with Gasteiger partial charge in [0.2, 0.25) is 0 Å². The fourth-order valence-electron chi connectivity index (χ4n) is 2.04. The van der Waals surface area contributed by atoms with Gasteiger partial charge in [-0.2, -0.15) is 0 Å². The first-order chi connectivity index (χ1) is 8.36. The number of aromatic nitrogens is 1. The smallest absolute Gasteiger partial charge is 0.256 e. The highest BCUT2D eigenvalue weighted by molar-refractivity contribution is 5.64. The molecule has 2 aliphatic rings. The zero-order valence-electron chi connectivity index (χ0n) is 9.21. The molecule has 0 radical (unpaired) electrons. The lowest BCUT2D eigenvalue weighted by atomic mass is 10.2. The van der Waals surface area contributed by atoms with E-state index in [0.717, 1.165) is 16.9 Å². The van der Waals surface area contributed by atoms with E-state index < -0.39 is 0 Å². The normalized spacial score (nSPS) is 10.6. The highest BCUT2D eigenvalue weighted by Crippen LogP contribution is 2.21. The Balaban J connectivity index is 2.34. The van der Waals surface area contributed by atoms with Gasteiger partial charge in [0.15, 0.2) is 0 Å². The summed E-state index contributed by atoms with van der Waals surface area (Å²) in [6.07, 6.45) is 0. The summed E-state index contributed by atoms with van der Waals surface area (Å²) >= 11 is 0. The predicted molar refractivity (Wildman–Crippen MR) is 68.7 cm³/mol. The Kier molecular flexibility index (Phi) is 2.26. The molecule has 1 aromatic carbocycles. The quantitative estimate of drug-likeness (QED) is 0.619. The number of hydrogen-bond acceptors (Lipinski definition) is 1. The largest absolute Gasteiger partial charge is 0.277 e.